The molecule has 4 N–H and O–H groups in total. The molecule has 0 aromatic heterocycles. The molecular formula is C10H8KO8S2+. The molecule has 0 aliphatic rings. The Kier molecular flexibility index (Phi) is 5.46. The van der Waals surface area contributed by atoms with Crippen molar-refractivity contribution in [2.24, 2.45) is 0 Å². The van der Waals surface area contributed by atoms with E-state index >= 15 is 0 Å². The Morgan fingerprint density at radius 1 is 0.667 bits per heavy atom. The van der Waals surface area contributed by atoms with Gasteiger partial charge >= 0.3 is 51.4 Å². The number of fused-ring (bicyclic) bond motifs is 1. The van der Waals surface area contributed by atoms with Gasteiger partial charge in [-0.25, -0.2) is 0 Å². The number of rotatable bonds is 2. The molecule has 0 amide bonds. The smallest absolute Gasteiger partial charge is 0.504 e. The summed E-state index contributed by atoms with van der Waals surface area (Å²) in [5.41, 5.74) is 0. The largest absolute Gasteiger partial charge is 1.00 e. The predicted octanol–water partition coefficient (Wildman–Crippen LogP) is -2.25. The van der Waals surface area contributed by atoms with E-state index < -0.39 is 41.5 Å². The van der Waals surface area contributed by atoms with Crippen LogP contribution >= 0.6 is 0 Å². The molecule has 0 spiro atoms. The van der Waals surface area contributed by atoms with Crippen LogP contribution in [-0.2, 0) is 20.2 Å². The Morgan fingerprint density at radius 2 is 0.952 bits per heavy atom. The van der Waals surface area contributed by atoms with Crippen molar-refractivity contribution >= 4 is 31.0 Å². The van der Waals surface area contributed by atoms with E-state index in [4.69, 9.17) is 9.11 Å². The molecule has 0 atom stereocenters. The number of aromatic hydroxyl groups is 2. The molecule has 8 nitrogen and oxygen atoms in total. The summed E-state index contributed by atoms with van der Waals surface area (Å²) in [7, 11) is -9.83. The summed E-state index contributed by atoms with van der Waals surface area (Å²) in [5.74, 6) is -1.11. The summed E-state index contributed by atoms with van der Waals surface area (Å²) in [5, 5.41) is 18.7. The van der Waals surface area contributed by atoms with Crippen LogP contribution < -0.4 is 51.4 Å². The van der Waals surface area contributed by atoms with Crippen molar-refractivity contribution in [3.8, 4) is 11.5 Å². The van der Waals surface area contributed by atoms with Crippen molar-refractivity contribution in [3.63, 3.8) is 0 Å². The van der Waals surface area contributed by atoms with Gasteiger partial charge in [-0.15, -0.1) is 0 Å². The Bertz CT molecular complexity index is 841. The zero-order valence-corrected chi connectivity index (χ0v) is 15.3. The van der Waals surface area contributed by atoms with Crippen molar-refractivity contribution in [3.05, 3.63) is 24.3 Å². The third kappa shape index (κ3) is 3.94. The van der Waals surface area contributed by atoms with E-state index in [1.807, 2.05) is 0 Å². The number of hydrogen-bond donors (Lipinski definition) is 4. The van der Waals surface area contributed by atoms with Gasteiger partial charge in [-0.2, -0.15) is 16.8 Å². The van der Waals surface area contributed by atoms with Crippen molar-refractivity contribution < 1.29 is 87.5 Å². The quantitative estimate of drug-likeness (QED) is 0.267. The van der Waals surface area contributed by atoms with E-state index in [0.717, 1.165) is 24.3 Å². The van der Waals surface area contributed by atoms with Crippen molar-refractivity contribution in [2.45, 2.75) is 9.79 Å². The zero-order valence-electron chi connectivity index (χ0n) is 10.5. The molecule has 0 aliphatic carbocycles. The molecule has 0 saturated carbocycles. The number of phenols is 2. The van der Waals surface area contributed by atoms with Crippen LogP contribution in [0.25, 0.3) is 10.8 Å². The first kappa shape index (κ1) is 18.8. The van der Waals surface area contributed by atoms with Crippen molar-refractivity contribution in [1.82, 2.24) is 0 Å². The first-order chi connectivity index (χ1) is 9.00. The van der Waals surface area contributed by atoms with Gasteiger partial charge in [0, 0.05) is 0 Å². The summed E-state index contributed by atoms with van der Waals surface area (Å²) in [6, 6.07) is 3.47. The van der Waals surface area contributed by atoms with Gasteiger partial charge in [-0.3, -0.25) is 9.11 Å². The van der Waals surface area contributed by atoms with Gasteiger partial charge < -0.3 is 10.2 Å². The number of hydrogen-bond acceptors (Lipinski definition) is 6. The maximum atomic E-state index is 11.2. The van der Waals surface area contributed by atoms with E-state index in [0.29, 0.717) is 0 Å². The van der Waals surface area contributed by atoms with E-state index in [1.165, 1.54) is 0 Å². The van der Waals surface area contributed by atoms with Crippen LogP contribution in [0, 0.1) is 0 Å². The van der Waals surface area contributed by atoms with Crippen molar-refractivity contribution in [1.29, 1.82) is 0 Å². The standard InChI is InChI=1S/C10H8O8S2.K/c11-7-1-5-3-9(19(13,14)15)10(20(16,17)18)4-6(5)2-8(7)12;/h1-4,11-12H,(H,13,14,15)(H,16,17,18);/q;+1. The zero-order chi connectivity index (χ0) is 15.3. The average molecular weight is 359 g/mol. The van der Waals surface area contributed by atoms with Crippen LogP contribution in [-0.4, -0.2) is 36.2 Å². The molecule has 2 aromatic carbocycles. The Hall–Kier alpha value is -0.244. The second kappa shape index (κ2) is 6.10. The number of phenolic OH excluding ortho intramolecular Hbond substituents is 2. The molecule has 0 aliphatic heterocycles. The molecule has 0 saturated heterocycles. The van der Waals surface area contributed by atoms with Crippen LogP contribution in [0.2, 0.25) is 0 Å². The fraction of sp³-hybridized carbons (Fsp3) is 0. The van der Waals surface area contributed by atoms with Crippen molar-refractivity contribution in [2.75, 3.05) is 0 Å². The second-order valence-corrected chi connectivity index (χ2v) is 6.72. The molecule has 0 radical (unpaired) electrons. The van der Waals surface area contributed by atoms with Gasteiger partial charge in [-0.05, 0) is 35.0 Å². The van der Waals surface area contributed by atoms with E-state index in [1.54, 1.807) is 0 Å². The second-order valence-electron chi connectivity index (χ2n) is 3.94. The molecule has 0 unspecified atom stereocenters. The maximum Gasteiger partial charge on any atom is 1.00 e. The third-order valence-corrected chi connectivity index (χ3v) is 4.47. The van der Waals surface area contributed by atoms with Gasteiger partial charge in [-0.1, -0.05) is 0 Å². The van der Waals surface area contributed by atoms with Crippen LogP contribution in [0.5, 0.6) is 11.5 Å². The molecular weight excluding hydrogens is 351 g/mol. The molecule has 0 fully saturated rings. The molecule has 0 heterocycles. The monoisotopic (exact) mass is 359 g/mol. The van der Waals surface area contributed by atoms with E-state index in [9.17, 15) is 27.0 Å². The fourth-order valence-corrected chi connectivity index (χ4v) is 3.50. The summed E-state index contributed by atoms with van der Waals surface area (Å²) in [6.07, 6.45) is 0. The predicted molar refractivity (Wildman–Crippen MR) is 66.9 cm³/mol. The van der Waals surface area contributed by atoms with Gasteiger partial charge in [0.05, 0.1) is 0 Å². The summed E-state index contributed by atoms with van der Waals surface area (Å²) in [6.45, 7) is 0. The first-order valence-corrected chi connectivity index (χ1v) is 7.83. The molecule has 108 valence electrons. The molecule has 21 heavy (non-hydrogen) atoms. The van der Waals surface area contributed by atoms with Gasteiger partial charge in [0.2, 0.25) is 0 Å². The summed E-state index contributed by atoms with van der Waals surface area (Å²) < 4.78 is 62.7. The van der Waals surface area contributed by atoms with Gasteiger partial charge in [0.15, 0.2) is 11.5 Å². The third-order valence-electron chi connectivity index (χ3n) is 2.55. The minimum absolute atomic E-state index is 0. The minimum Gasteiger partial charge on any atom is -0.504 e. The molecule has 2 aromatic rings. The maximum absolute atomic E-state index is 11.2. The van der Waals surface area contributed by atoms with E-state index in [-0.39, 0.29) is 62.2 Å². The summed E-state index contributed by atoms with van der Waals surface area (Å²) in [4.78, 5) is -2.06. The minimum atomic E-state index is -4.91. The van der Waals surface area contributed by atoms with Gasteiger partial charge in [0.1, 0.15) is 9.79 Å². The summed E-state index contributed by atoms with van der Waals surface area (Å²) >= 11 is 0. The first-order valence-electron chi connectivity index (χ1n) is 4.95. The van der Waals surface area contributed by atoms with Crippen LogP contribution in [0.1, 0.15) is 0 Å². The SMILES string of the molecule is O=S(=O)(O)c1cc2cc(O)c(O)cc2cc1S(=O)(=O)O.[K+]. The Labute approximate surface area is 162 Å². The van der Waals surface area contributed by atoms with Gasteiger partial charge in [0.25, 0.3) is 20.2 Å². The van der Waals surface area contributed by atoms with Crippen LogP contribution in [0.3, 0.4) is 0 Å². The van der Waals surface area contributed by atoms with E-state index in [2.05, 4.69) is 0 Å². The molecule has 11 heteroatoms. The Morgan fingerprint density at radius 3 is 1.19 bits per heavy atom. The molecule has 2 rings (SSSR count). The number of benzene rings is 2. The van der Waals surface area contributed by atoms with Crippen LogP contribution in [0.15, 0.2) is 34.1 Å². The molecule has 0 bridgehead atoms. The van der Waals surface area contributed by atoms with Crippen LogP contribution in [0.4, 0.5) is 0 Å². The Balaban J connectivity index is 0.00000220. The average Bonchev–Trinajstić information content (AvgIpc) is 2.26. The normalized spacial score (nSPS) is 12.1. The fourth-order valence-electron chi connectivity index (χ4n) is 1.69. The topological polar surface area (TPSA) is 149 Å².